The van der Waals surface area contributed by atoms with E-state index in [0.29, 0.717) is 32.4 Å². The van der Waals surface area contributed by atoms with Crippen molar-refractivity contribution in [2.75, 3.05) is 12.4 Å². The number of imidazole rings is 1. The summed E-state index contributed by atoms with van der Waals surface area (Å²) in [5, 5.41) is 16.2. The highest BCUT2D eigenvalue weighted by Crippen LogP contribution is 2.30. The number of benzene rings is 2. The van der Waals surface area contributed by atoms with Crippen molar-refractivity contribution in [3.05, 3.63) is 47.5 Å². The lowest BCUT2D eigenvalue weighted by Gasteiger charge is -2.08. The molecule has 1 unspecified atom stereocenters. The third-order valence-electron chi connectivity index (χ3n) is 4.14. The second kappa shape index (κ2) is 6.27. The summed E-state index contributed by atoms with van der Waals surface area (Å²) in [6, 6.07) is 7.69. The van der Waals surface area contributed by atoms with E-state index in [0.717, 1.165) is 17.6 Å². The maximum Gasteiger partial charge on any atom is 0.209 e. The number of anilines is 2. The fourth-order valence-corrected chi connectivity index (χ4v) is 3.60. The van der Waals surface area contributed by atoms with Crippen molar-refractivity contribution < 1.29 is 13.9 Å². The molecule has 0 spiro atoms. The molecule has 3 N–H and O–H groups in total. The molecular formula is C17H15F2N5OS. The second-order valence-corrected chi connectivity index (χ2v) is 6.84. The molecule has 2 aromatic carbocycles. The summed E-state index contributed by atoms with van der Waals surface area (Å²) in [5.74, 6) is -1.28. The highest BCUT2D eigenvalue weighted by molar-refractivity contribution is 7.22. The average molecular weight is 375 g/mol. The number of hydrogen-bond acceptors (Lipinski definition) is 6. The van der Waals surface area contributed by atoms with E-state index in [2.05, 4.69) is 20.6 Å². The molecular weight excluding hydrogens is 360 g/mol. The minimum Gasteiger partial charge on any atom is -0.374 e. The molecule has 2 aromatic heterocycles. The van der Waals surface area contributed by atoms with Crippen LogP contribution in [-0.4, -0.2) is 26.7 Å². The van der Waals surface area contributed by atoms with Gasteiger partial charge in [0.25, 0.3) is 0 Å². The van der Waals surface area contributed by atoms with Crippen LogP contribution in [-0.2, 0) is 7.05 Å². The smallest absolute Gasteiger partial charge is 0.209 e. The van der Waals surface area contributed by atoms with E-state index < -0.39 is 17.9 Å². The van der Waals surface area contributed by atoms with E-state index in [1.54, 1.807) is 13.1 Å². The quantitative estimate of drug-likeness (QED) is 0.477. The van der Waals surface area contributed by atoms with E-state index in [1.165, 1.54) is 11.3 Å². The summed E-state index contributed by atoms with van der Waals surface area (Å²) < 4.78 is 29.1. The number of rotatable bonds is 4. The topological polar surface area (TPSA) is 75.0 Å². The summed E-state index contributed by atoms with van der Waals surface area (Å²) >= 11 is 1.21. The summed E-state index contributed by atoms with van der Waals surface area (Å²) in [6.07, 6.45) is -0.771. The zero-order valence-electron chi connectivity index (χ0n) is 13.9. The van der Waals surface area contributed by atoms with E-state index >= 15 is 0 Å². The minimum atomic E-state index is -0.923. The summed E-state index contributed by atoms with van der Waals surface area (Å²) in [4.78, 5) is 8.80. The maximum absolute atomic E-state index is 13.4. The molecule has 4 rings (SSSR count). The zero-order valence-corrected chi connectivity index (χ0v) is 14.7. The number of nitrogens with one attached hydrogen (secondary N) is 2. The number of aliphatic hydroxyl groups excluding tert-OH is 1. The first-order valence-electron chi connectivity index (χ1n) is 7.80. The molecule has 4 aromatic rings. The Morgan fingerprint density at radius 2 is 1.88 bits per heavy atom. The first-order valence-corrected chi connectivity index (χ1v) is 8.62. The van der Waals surface area contributed by atoms with Crippen molar-refractivity contribution in [3.63, 3.8) is 0 Å². The van der Waals surface area contributed by atoms with Gasteiger partial charge in [-0.1, -0.05) is 17.4 Å². The van der Waals surface area contributed by atoms with Gasteiger partial charge in [-0.25, -0.2) is 18.7 Å². The van der Waals surface area contributed by atoms with Crippen LogP contribution in [0.15, 0.2) is 30.3 Å². The van der Waals surface area contributed by atoms with Crippen LogP contribution in [0, 0.1) is 11.6 Å². The molecule has 2 heterocycles. The Hall–Kier alpha value is -2.62. The van der Waals surface area contributed by atoms with E-state index in [9.17, 15) is 13.9 Å². The molecule has 1 atom stereocenters. The minimum absolute atomic E-state index is 0.384. The first kappa shape index (κ1) is 16.8. The number of thiazole rings is 1. The normalized spacial score (nSPS) is 12.8. The lowest BCUT2D eigenvalue weighted by molar-refractivity contribution is 0.149. The molecule has 26 heavy (non-hydrogen) atoms. The molecule has 6 nitrogen and oxygen atoms in total. The Balaban J connectivity index is 1.71. The van der Waals surface area contributed by atoms with Crippen molar-refractivity contribution >= 4 is 43.7 Å². The standard InChI is InChI=1S/C17H15F2N5OS/c1-20-15(25)8-3-4-13-11(5-8)21-16(24(13)2)23-17-22-12-6-9(18)10(19)7-14(12)26-17/h3-7,15,20,25H,1-2H3,(H,21,22,23). The second-order valence-electron chi connectivity index (χ2n) is 5.81. The van der Waals surface area contributed by atoms with E-state index in [-0.39, 0.29) is 0 Å². The van der Waals surface area contributed by atoms with Gasteiger partial charge in [-0.05, 0) is 30.8 Å². The molecule has 9 heteroatoms. The molecule has 0 aliphatic rings. The molecule has 0 aliphatic carbocycles. The van der Waals surface area contributed by atoms with Gasteiger partial charge >= 0.3 is 0 Å². The molecule has 0 saturated carbocycles. The molecule has 134 valence electrons. The number of hydrogen-bond donors (Lipinski definition) is 3. The van der Waals surface area contributed by atoms with Gasteiger partial charge in [0.15, 0.2) is 16.8 Å². The Labute approximate surface area is 151 Å². The number of aryl methyl sites for hydroxylation is 1. The van der Waals surface area contributed by atoms with Crippen molar-refractivity contribution in [2.24, 2.45) is 7.05 Å². The van der Waals surface area contributed by atoms with Gasteiger partial charge in [0.2, 0.25) is 5.95 Å². The predicted molar refractivity (Wildman–Crippen MR) is 97.6 cm³/mol. The van der Waals surface area contributed by atoms with Crippen molar-refractivity contribution in [2.45, 2.75) is 6.23 Å². The van der Waals surface area contributed by atoms with Gasteiger partial charge in [-0.2, -0.15) is 0 Å². The van der Waals surface area contributed by atoms with Crippen LogP contribution in [0.3, 0.4) is 0 Å². The Kier molecular flexibility index (Phi) is 4.06. The largest absolute Gasteiger partial charge is 0.374 e. The predicted octanol–water partition coefficient (Wildman–Crippen LogP) is 3.42. The van der Waals surface area contributed by atoms with Gasteiger partial charge in [0, 0.05) is 13.1 Å². The Bertz CT molecular complexity index is 1080. The van der Waals surface area contributed by atoms with Crippen LogP contribution in [0.5, 0.6) is 0 Å². The van der Waals surface area contributed by atoms with Crippen LogP contribution in [0.1, 0.15) is 11.8 Å². The highest BCUT2D eigenvalue weighted by atomic mass is 32.1. The third-order valence-corrected chi connectivity index (χ3v) is 5.08. The number of aliphatic hydroxyl groups is 1. The van der Waals surface area contributed by atoms with Crippen molar-refractivity contribution in [1.29, 1.82) is 0 Å². The highest BCUT2D eigenvalue weighted by Gasteiger charge is 2.14. The maximum atomic E-state index is 13.4. The molecule has 0 fully saturated rings. The molecule has 0 amide bonds. The number of halogens is 2. The number of fused-ring (bicyclic) bond motifs is 2. The van der Waals surface area contributed by atoms with Crippen LogP contribution in [0.25, 0.3) is 21.3 Å². The number of aromatic nitrogens is 3. The van der Waals surface area contributed by atoms with Gasteiger partial charge in [0.1, 0.15) is 6.23 Å². The van der Waals surface area contributed by atoms with Crippen molar-refractivity contribution in [3.8, 4) is 0 Å². The fraction of sp³-hybridized carbons (Fsp3) is 0.176. The van der Waals surface area contributed by atoms with Crippen LogP contribution in [0.2, 0.25) is 0 Å². The van der Waals surface area contributed by atoms with Crippen LogP contribution in [0.4, 0.5) is 19.9 Å². The monoisotopic (exact) mass is 375 g/mol. The average Bonchev–Trinajstić information content (AvgIpc) is 3.15. The van der Waals surface area contributed by atoms with Gasteiger partial charge in [-0.3, -0.25) is 5.32 Å². The van der Waals surface area contributed by atoms with Gasteiger partial charge in [-0.15, -0.1) is 0 Å². The van der Waals surface area contributed by atoms with Gasteiger partial charge in [0.05, 0.1) is 21.3 Å². The SMILES string of the molecule is CNC(O)c1ccc2c(c1)nc(Nc1nc3cc(F)c(F)cc3s1)n2C. The first-order chi connectivity index (χ1) is 12.5. The zero-order chi connectivity index (χ0) is 18.4. The van der Waals surface area contributed by atoms with Gasteiger partial charge < -0.3 is 15.0 Å². The summed E-state index contributed by atoms with van der Waals surface area (Å²) in [7, 11) is 3.51. The summed E-state index contributed by atoms with van der Waals surface area (Å²) in [5.41, 5.74) is 2.67. The van der Waals surface area contributed by atoms with E-state index in [4.69, 9.17) is 0 Å². The number of nitrogens with zero attached hydrogens (tertiary/aromatic N) is 3. The van der Waals surface area contributed by atoms with Crippen LogP contribution >= 0.6 is 11.3 Å². The molecule has 0 radical (unpaired) electrons. The Morgan fingerprint density at radius 1 is 1.12 bits per heavy atom. The summed E-state index contributed by atoms with van der Waals surface area (Å²) in [6.45, 7) is 0. The Morgan fingerprint density at radius 3 is 2.65 bits per heavy atom. The van der Waals surface area contributed by atoms with Crippen LogP contribution < -0.4 is 10.6 Å². The van der Waals surface area contributed by atoms with E-state index in [1.807, 2.05) is 23.7 Å². The molecule has 0 bridgehead atoms. The fourth-order valence-electron chi connectivity index (χ4n) is 2.74. The lowest BCUT2D eigenvalue weighted by atomic mass is 10.2. The molecule has 0 aliphatic heterocycles. The molecule has 0 saturated heterocycles. The van der Waals surface area contributed by atoms with Crippen molar-refractivity contribution in [1.82, 2.24) is 19.9 Å². The third kappa shape index (κ3) is 2.79. The lowest BCUT2D eigenvalue weighted by Crippen LogP contribution is -2.14.